The number of furan rings is 1. The second-order valence-corrected chi connectivity index (χ2v) is 4.63. The van der Waals surface area contributed by atoms with Crippen molar-refractivity contribution in [3.63, 3.8) is 0 Å². The zero-order valence-corrected chi connectivity index (χ0v) is 11.7. The van der Waals surface area contributed by atoms with Crippen LogP contribution in [0, 0.1) is 18.8 Å². The molecule has 0 bridgehead atoms. The van der Waals surface area contributed by atoms with Crippen LogP contribution in [0.3, 0.4) is 0 Å². The van der Waals surface area contributed by atoms with Gasteiger partial charge in [0.1, 0.15) is 16.4 Å². The number of fused-ring (bicyclic) bond motifs is 1. The molecule has 0 spiro atoms. The van der Waals surface area contributed by atoms with E-state index in [2.05, 4.69) is 32.8 Å². The maximum Gasteiger partial charge on any atom is 0.157 e. The quantitative estimate of drug-likeness (QED) is 0.569. The van der Waals surface area contributed by atoms with E-state index in [1.807, 2.05) is 6.92 Å². The van der Waals surface area contributed by atoms with Crippen LogP contribution in [0.2, 0.25) is 5.15 Å². The van der Waals surface area contributed by atoms with E-state index in [0.29, 0.717) is 10.9 Å². The van der Waals surface area contributed by atoms with Gasteiger partial charge in [-0.25, -0.2) is 4.98 Å². The van der Waals surface area contributed by atoms with Crippen molar-refractivity contribution in [1.29, 1.82) is 0 Å². The summed E-state index contributed by atoms with van der Waals surface area (Å²) in [6.07, 6.45) is 3.54. The topological polar surface area (TPSA) is 26.0 Å². The first-order chi connectivity index (χ1) is 8.13. The average molecular weight is 311 g/mol. The van der Waals surface area contributed by atoms with Gasteiger partial charge >= 0.3 is 0 Å². The fraction of sp³-hybridized carbons (Fsp3) is 0.154. The van der Waals surface area contributed by atoms with Gasteiger partial charge in [-0.1, -0.05) is 17.5 Å². The number of halogens is 2. The molecule has 2 nitrogen and oxygen atoms in total. The lowest BCUT2D eigenvalue weighted by molar-refractivity contribution is 0.599. The molecule has 0 N–H and O–H groups in total. The number of aryl methyl sites for hydroxylation is 1. The zero-order chi connectivity index (χ0) is 12.4. The number of hydrogen-bond acceptors (Lipinski definition) is 2. The van der Waals surface area contributed by atoms with Gasteiger partial charge in [0.25, 0.3) is 0 Å². The summed E-state index contributed by atoms with van der Waals surface area (Å²) in [4.78, 5) is 4.24. The highest BCUT2D eigenvalue weighted by molar-refractivity contribution is 9.10. The summed E-state index contributed by atoms with van der Waals surface area (Å²) < 4.78 is 6.51. The third kappa shape index (κ3) is 2.38. The van der Waals surface area contributed by atoms with Crippen molar-refractivity contribution in [1.82, 2.24) is 4.98 Å². The molecule has 0 amide bonds. The third-order valence-electron chi connectivity index (χ3n) is 2.23. The molecule has 2 aromatic heterocycles. The lowest BCUT2D eigenvalue weighted by atomic mass is 10.2. The number of pyridine rings is 1. The molecule has 0 aliphatic rings. The Kier molecular flexibility index (Phi) is 3.56. The molecule has 17 heavy (non-hydrogen) atoms. The highest BCUT2D eigenvalue weighted by Crippen LogP contribution is 2.33. The molecule has 0 radical (unpaired) electrons. The van der Waals surface area contributed by atoms with E-state index in [0.717, 1.165) is 21.1 Å². The van der Waals surface area contributed by atoms with Crippen LogP contribution in [-0.2, 0) is 0 Å². The van der Waals surface area contributed by atoms with E-state index in [9.17, 15) is 0 Å². The van der Waals surface area contributed by atoms with E-state index in [-0.39, 0.29) is 0 Å². The Morgan fingerprint density at radius 3 is 3.00 bits per heavy atom. The summed E-state index contributed by atoms with van der Waals surface area (Å²) in [6.45, 7) is 3.72. The molecule has 4 heteroatoms. The van der Waals surface area contributed by atoms with Gasteiger partial charge in [-0.05, 0) is 53.6 Å². The highest BCUT2D eigenvalue weighted by atomic mass is 79.9. The van der Waals surface area contributed by atoms with E-state index in [1.54, 1.807) is 25.1 Å². The van der Waals surface area contributed by atoms with Crippen LogP contribution in [0.15, 0.2) is 21.0 Å². The minimum atomic E-state index is 0.459. The Balaban J connectivity index is 2.63. The molecule has 2 aromatic rings. The van der Waals surface area contributed by atoms with Crippen molar-refractivity contribution in [3.8, 4) is 11.8 Å². The Labute approximate surface area is 113 Å². The number of aromatic nitrogens is 1. The molecular formula is C13H9BrClNO. The van der Waals surface area contributed by atoms with Crippen molar-refractivity contribution >= 4 is 44.7 Å². The van der Waals surface area contributed by atoms with Gasteiger partial charge in [0.05, 0.1) is 4.47 Å². The van der Waals surface area contributed by atoms with Crippen LogP contribution in [0.1, 0.15) is 18.2 Å². The van der Waals surface area contributed by atoms with Gasteiger partial charge in [-0.3, -0.25) is 0 Å². The second kappa shape index (κ2) is 4.95. The SMILES string of the molecule is CC#C/C=C\c1oc2c(C)cc(Cl)nc2c1Br. The smallest absolute Gasteiger partial charge is 0.157 e. The van der Waals surface area contributed by atoms with Crippen LogP contribution in [0.25, 0.3) is 17.2 Å². The van der Waals surface area contributed by atoms with Crippen LogP contribution in [-0.4, -0.2) is 4.98 Å². The number of rotatable bonds is 1. The predicted octanol–water partition coefficient (Wildman–Crippen LogP) is 4.59. The number of allylic oxidation sites excluding steroid dienone is 1. The van der Waals surface area contributed by atoms with Crippen LogP contribution in [0.5, 0.6) is 0 Å². The minimum absolute atomic E-state index is 0.459. The van der Waals surface area contributed by atoms with Gasteiger partial charge in [0.2, 0.25) is 0 Å². The van der Waals surface area contributed by atoms with Crippen LogP contribution < -0.4 is 0 Å². The number of hydrogen-bond donors (Lipinski definition) is 0. The van der Waals surface area contributed by atoms with E-state index >= 15 is 0 Å². The summed E-state index contributed by atoms with van der Waals surface area (Å²) in [5.41, 5.74) is 2.44. The molecule has 0 saturated carbocycles. The summed E-state index contributed by atoms with van der Waals surface area (Å²) in [7, 11) is 0. The largest absolute Gasteiger partial charge is 0.453 e. The van der Waals surface area contributed by atoms with E-state index in [1.165, 1.54) is 0 Å². The highest BCUT2D eigenvalue weighted by Gasteiger charge is 2.13. The number of nitrogens with zero attached hydrogens (tertiary/aromatic N) is 1. The van der Waals surface area contributed by atoms with Crippen LogP contribution in [0.4, 0.5) is 0 Å². The van der Waals surface area contributed by atoms with Gasteiger partial charge in [-0.2, -0.15) is 0 Å². The maximum absolute atomic E-state index is 5.92. The summed E-state index contributed by atoms with van der Waals surface area (Å²) >= 11 is 9.38. The van der Waals surface area contributed by atoms with Gasteiger partial charge in [0, 0.05) is 0 Å². The third-order valence-corrected chi connectivity index (χ3v) is 3.19. The molecular weight excluding hydrogens is 302 g/mol. The summed E-state index contributed by atoms with van der Waals surface area (Å²) in [5, 5.41) is 0.459. The van der Waals surface area contributed by atoms with Crippen molar-refractivity contribution < 1.29 is 4.42 Å². The first-order valence-electron chi connectivity index (χ1n) is 4.97. The van der Waals surface area contributed by atoms with Gasteiger partial charge in [-0.15, -0.1) is 5.92 Å². The lowest BCUT2D eigenvalue weighted by Crippen LogP contribution is -1.80. The molecule has 0 unspecified atom stereocenters. The first-order valence-corrected chi connectivity index (χ1v) is 6.14. The van der Waals surface area contributed by atoms with Crippen molar-refractivity contribution in [2.75, 3.05) is 0 Å². The lowest BCUT2D eigenvalue weighted by Gasteiger charge is -1.94. The first kappa shape index (κ1) is 12.2. The molecule has 0 atom stereocenters. The van der Waals surface area contributed by atoms with Crippen LogP contribution >= 0.6 is 27.5 Å². The Morgan fingerprint density at radius 2 is 2.29 bits per heavy atom. The maximum atomic E-state index is 5.92. The average Bonchev–Trinajstić information content (AvgIpc) is 2.58. The molecule has 0 saturated heterocycles. The molecule has 0 aliphatic heterocycles. The Morgan fingerprint density at radius 1 is 1.53 bits per heavy atom. The van der Waals surface area contributed by atoms with Crippen molar-refractivity contribution in [2.24, 2.45) is 0 Å². The monoisotopic (exact) mass is 309 g/mol. The Bertz CT molecular complexity index is 661. The fourth-order valence-corrected chi connectivity index (χ4v) is 2.21. The summed E-state index contributed by atoms with van der Waals surface area (Å²) in [5.74, 6) is 6.31. The minimum Gasteiger partial charge on any atom is -0.453 e. The molecule has 86 valence electrons. The summed E-state index contributed by atoms with van der Waals surface area (Å²) in [6, 6.07) is 1.78. The normalized spacial score (nSPS) is 10.8. The van der Waals surface area contributed by atoms with E-state index in [4.69, 9.17) is 16.0 Å². The zero-order valence-electron chi connectivity index (χ0n) is 9.34. The van der Waals surface area contributed by atoms with Gasteiger partial charge in [0.15, 0.2) is 5.58 Å². The van der Waals surface area contributed by atoms with Gasteiger partial charge < -0.3 is 4.42 Å². The second-order valence-electron chi connectivity index (χ2n) is 3.45. The molecule has 0 aliphatic carbocycles. The molecule has 2 heterocycles. The van der Waals surface area contributed by atoms with Crippen molar-refractivity contribution in [3.05, 3.63) is 33.1 Å². The molecule has 0 aromatic carbocycles. The molecule has 2 rings (SSSR count). The Hall–Kier alpha value is -1.24. The van der Waals surface area contributed by atoms with E-state index < -0.39 is 0 Å². The standard InChI is InChI=1S/C13H9BrClNO/c1-3-4-5-6-9-11(14)12-13(17-9)8(2)7-10(15)16-12/h5-7H,1-2H3/b6-5-. The van der Waals surface area contributed by atoms with Crippen molar-refractivity contribution in [2.45, 2.75) is 13.8 Å². The molecule has 0 fully saturated rings. The fourth-order valence-electron chi connectivity index (χ4n) is 1.48. The predicted molar refractivity (Wildman–Crippen MR) is 73.9 cm³/mol.